The topological polar surface area (TPSA) is 57.4 Å². The van der Waals surface area contributed by atoms with Gasteiger partial charge in [-0.25, -0.2) is 0 Å². The molecule has 4 nitrogen and oxygen atoms in total. The number of fused-ring (bicyclic) bond motifs is 6. The van der Waals surface area contributed by atoms with Gasteiger partial charge in [0.15, 0.2) is 0 Å². The minimum atomic E-state index is -4.90. The highest BCUT2D eigenvalue weighted by Crippen LogP contribution is 2.49. The van der Waals surface area contributed by atoms with Crippen LogP contribution in [0, 0.1) is 78.1 Å². The van der Waals surface area contributed by atoms with E-state index in [2.05, 4.69) is 213 Å². The van der Waals surface area contributed by atoms with Crippen LogP contribution in [0.3, 0.4) is 0 Å². The number of aromatic nitrogens is 2. The fourth-order valence-corrected chi connectivity index (χ4v) is 12.3. The first-order chi connectivity index (χ1) is 37.4. The van der Waals surface area contributed by atoms with Crippen LogP contribution in [0.1, 0.15) is 61.2 Å². The molecule has 0 atom stereocenters. The molecule has 0 aliphatic rings. The third-order valence-electron chi connectivity index (χ3n) is 15.2. The van der Waals surface area contributed by atoms with Gasteiger partial charge in [-0.3, -0.25) is 0 Å². The quantitative estimate of drug-likeness (QED) is 0.160. The highest BCUT2D eigenvalue weighted by atomic mass is 19.4. The van der Waals surface area contributed by atoms with Crippen molar-refractivity contribution in [2.45, 2.75) is 61.6 Å². The average Bonchev–Trinajstić information content (AvgIpc) is 4.02. The summed E-state index contributed by atoms with van der Waals surface area (Å²) in [7, 11) is 0. The highest BCUT2D eigenvalue weighted by molar-refractivity contribution is 6.14. The Morgan fingerprint density at radius 1 is 0.333 bits per heavy atom. The summed E-state index contributed by atoms with van der Waals surface area (Å²) in [5.74, 6) is 0. The summed E-state index contributed by atoms with van der Waals surface area (Å²) in [4.78, 5) is 0. The van der Waals surface area contributed by atoms with Gasteiger partial charge in [0.25, 0.3) is 0 Å². The molecule has 0 saturated carbocycles. The van der Waals surface area contributed by atoms with E-state index in [1.54, 1.807) is 12.1 Å². The Labute approximate surface area is 452 Å². The minimum Gasteiger partial charge on any atom is -0.308 e. The van der Waals surface area contributed by atoms with Crippen LogP contribution in [0.15, 0.2) is 176 Å². The molecule has 0 N–H and O–H groups in total. The molecule has 0 radical (unpaired) electrons. The van der Waals surface area contributed by atoms with E-state index in [4.69, 9.17) is 0 Å². The fraction of sp³-hybridized carbons (Fsp3) is 0.127. The monoisotopic (exact) mass is 1020 g/mol. The van der Waals surface area contributed by atoms with Gasteiger partial charge in [-0.05, 0) is 148 Å². The van der Waals surface area contributed by atoms with Gasteiger partial charge < -0.3 is 9.13 Å². The van der Waals surface area contributed by atoms with E-state index in [0.29, 0.717) is 11.4 Å². The van der Waals surface area contributed by atoms with Gasteiger partial charge in [0.1, 0.15) is 0 Å². The van der Waals surface area contributed by atoms with Crippen molar-refractivity contribution in [3.8, 4) is 79.1 Å². The third kappa shape index (κ3) is 8.59. The Kier molecular flexibility index (Phi) is 11.8. The maximum atomic E-state index is 16.2. The van der Waals surface area contributed by atoms with Gasteiger partial charge in [-0.2, -0.15) is 23.7 Å². The van der Waals surface area contributed by atoms with Crippen LogP contribution in [-0.4, -0.2) is 9.13 Å². The molecule has 7 heteroatoms. The van der Waals surface area contributed by atoms with Crippen molar-refractivity contribution in [2.75, 3.05) is 0 Å². The standard InChI is InChI=1S/C71H53F3N4/c1-40-20-41(2)25-54(24-40)49-12-16-58-59-17-13-50(55-26-42(3)21-43(4)27-55)35-64(59)77(63(58)34-49)67-32-48(38-75)33-68(70(67)69-53(39-76)10-9-11-62(69)71(72,73)74)78-65-36-51(56-28-44(5)22-45(6)29-56)14-18-60(65)61-19-15-52(37-66(61)78)57-30-46(7)23-47(8)31-57/h9-37H,1-8H3. The summed E-state index contributed by atoms with van der Waals surface area (Å²) in [6.45, 7) is 16.5. The third-order valence-corrected chi connectivity index (χ3v) is 15.2. The molecule has 0 aliphatic carbocycles. The summed E-state index contributed by atoms with van der Waals surface area (Å²) in [5.41, 5.74) is 18.9. The van der Waals surface area contributed by atoms with E-state index in [-0.39, 0.29) is 22.3 Å². The first-order valence-corrected chi connectivity index (χ1v) is 26.1. The summed E-state index contributed by atoms with van der Waals surface area (Å²) < 4.78 is 52.7. The fourth-order valence-electron chi connectivity index (χ4n) is 12.3. The number of rotatable bonds is 7. The number of alkyl halides is 3. The van der Waals surface area contributed by atoms with Crippen LogP contribution in [0.25, 0.3) is 111 Å². The van der Waals surface area contributed by atoms with Crippen LogP contribution in [-0.2, 0) is 6.18 Å². The molecule has 2 heterocycles. The molecule has 2 aromatic heterocycles. The SMILES string of the molecule is Cc1cc(C)cc(-c2ccc3c4ccc(-c5cc(C)cc(C)c5)cc4n(-c4cc(C#N)cc(-n5c6cc(-c7cc(C)cc(C)c7)ccc6c6ccc(-c7cc(C)cc(C)c7)cc65)c4-c4c(C#N)cccc4C(F)(F)F)c3c2)c1. The second-order valence-corrected chi connectivity index (χ2v) is 21.4. The van der Waals surface area contributed by atoms with Crippen molar-refractivity contribution in [1.82, 2.24) is 9.13 Å². The molecule has 0 amide bonds. The lowest BCUT2D eigenvalue weighted by Crippen LogP contribution is -2.12. The van der Waals surface area contributed by atoms with Crippen molar-refractivity contribution in [3.63, 3.8) is 0 Å². The highest BCUT2D eigenvalue weighted by Gasteiger charge is 2.37. The summed E-state index contributed by atoms with van der Waals surface area (Å²) >= 11 is 0. The summed E-state index contributed by atoms with van der Waals surface area (Å²) in [6, 6.07) is 62.7. The maximum absolute atomic E-state index is 16.2. The van der Waals surface area contributed by atoms with E-state index in [1.807, 2.05) is 9.13 Å². The predicted octanol–water partition coefficient (Wildman–Crippen LogP) is 19.4. The molecule has 0 saturated heterocycles. The molecule has 12 aromatic rings. The van der Waals surface area contributed by atoms with Crippen molar-refractivity contribution in [1.29, 1.82) is 10.5 Å². The molecule has 10 aromatic carbocycles. The molecule has 0 unspecified atom stereocenters. The van der Waals surface area contributed by atoms with Crippen molar-refractivity contribution in [3.05, 3.63) is 237 Å². The van der Waals surface area contributed by atoms with Crippen molar-refractivity contribution >= 4 is 43.6 Å². The van der Waals surface area contributed by atoms with E-state index < -0.39 is 11.7 Å². The first-order valence-electron chi connectivity index (χ1n) is 26.1. The lowest BCUT2D eigenvalue weighted by Gasteiger charge is -2.24. The van der Waals surface area contributed by atoms with Crippen LogP contribution in [0.2, 0.25) is 0 Å². The average molecular weight is 1020 g/mol. The van der Waals surface area contributed by atoms with Gasteiger partial charge in [0.05, 0.1) is 62.3 Å². The molecule has 0 bridgehead atoms. The number of hydrogen-bond donors (Lipinski definition) is 0. The Morgan fingerprint density at radius 3 is 0.910 bits per heavy atom. The molecule has 0 spiro atoms. The Morgan fingerprint density at radius 2 is 0.641 bits per heavy atom. The number of halogens is 3. The smallest absolute Gasteiger partial charge is 0.308 e. The predicted molar refractivity (Wildman–Crippen MR) is 315 cm³/mol. The largest absolute Gasteiger partial charge is 0.417 e. The van der Waals surface area contributed by atoms with E-state index in [0.717, 1.165) is 139 Å². The van der Waals surface area contributed by atoms with Gasteiger partial charge >= 0.3 is 6.18 Å². The Balaban J connectivity index is 1.30. The van der Waals surface area contributed by atoms with Crippen LogP contribution < -0.4 is 0 Å². The summed E-state index contributed by atoms with van der Waals surface area (Å²) in [5, 5.41) is 26.0. The zero-order chi connectivity index (χ0) is 54.5. The van der Waals surface area contributed by atoms with Crippen molar-refractivity contribution < 1.29 is 13.2 Å². The maximum Gasteiger partial charge on any atom is 0.417 e. The van der Waals surface area contributed by atoms with E-state index in [9.17, 15) is 10.5 Å². The number of benzene rings is 10. The number of nitriles is 2. The Hall–Kier alpha value is -9.43. The zero-order valence-corrected chi connectivity index (χ0v) is 44.7. The molecular weight excluding hydrogens is 966 g/mol. The molecule has 0 aliphatic heterocycles. The van der Waals surface area contributed by atoms with E-state index >= 15 is 13.2 Å². The first kappa shape index (κ1) is 49.4. The second-order valence-electron chi connectivity index (χ2n) is 21.4. The molecule has 378 valence electrons. The molecular formula is C71H53F3N4. The minimum absolute atomic E-state index is 0.151. The van der Waals surface area contributed by atoms with Crippen LogP contribution >= 0.6 is 0 Å². The van der Waals surface area contributed by atoms with Crippen molar-refractivity contribution in [2.24, 2.45) is 0 Å². The van der Waals surface area contributed by atoms with Crippen LogP contribution in [0.4, 0.5) is 13.2 Å². The number of aryl methyl sites for hydroxylation is 8. The zero-order valence-electron chi connectivity index (χ0n) is 44.7. The number of hydrogen-bond acceptors (Lipinski definition) is 2. The van der Waals surface area contributed by atoms with Gasteiger partial charge in [0.2, 0.25) is 0 Å². The van der Waals surface area contributed by atoms with Gasteiger partial charge in [-0.15, -0.1) is 0 Å². The van der Waals surface area contributed by atoms with Gasteiger partial charge in [0, 0.05) is 32.7 Å². The molecule has 12 rings (SSSR count). The van der Waals surface area contributed by atoms with E-state index in [1.165, 1.54) is 12.1 Å². The summed E-state index contributed by atoms with van der Waals surface area (Å²) in [6.07, 6.45) is -4.90. The van der Waals surface area contributed by atoms with Gasteiger partial charge in [-0.1, -0.05) is 172 Å². The van der Waals surface area contributed by atoms with Crippen LogP contribution in [0.5, 0.6) is 0 Å². The molecule has 78 heavy (non-hydrogen) atoms. The molecule has 0 fully saturated rings. The normalized spacial score (nSPS) is 11.8. The lowest BCUT2D eigenvalue weighted by atomic mass is 9.90. The second kappa shape index (κ2) is 18.7. The lowest BCUT2D eigenvalue weighted by molar-refractivity contribution is -0.137. The Bertz CT molecular complexity index is 4060. The number of nitrogens with zero attached hydrogens (tertiary/aromatic N) is 4.